The number of rotatable bonds is 4. The van der Waals surface area contributed by atoms with Gasteiger partial charge in [0.15, 0.2) is 5.82 Å². The first-order valence-electron chi connectivity index (χ1n) is 6.79. The molecule has 0 aliphatic carbocycles. The first-order valence-corrected chi connectivity index (χ1v) is 6.79. The maximum absolute atomic E-state index is 7.88. The summed E-state index contributed by atoms with van der Waals surface area (Å²) >= 11 is 0. The first-order chi connectivity index (χ1) is 9.88. The number of nitrogen functional groups attached to an aromatic ring is 1. The summed E-state index contributed by atoms with van der Waals surface area (Å²) in [7, 11) is 0. The van der Waals surface area contributed by atoms with Gasteiger partial charge >= 0.3 is 0 Å². The molecule has 2 aromatic rings. The Kier molecular flexibility index (Phi) is 3.84. The Morgan fingerprint density at radius 3 is 2.33 bits per heavy atom. The van der Waals surface area contributed by atoms with E-state index in [2.05, 4.69) is 11.7 Å². The minimum Gasteiger partial charge on any atom is -0.384 e. The number of hydrogen-bond donors (Lipinski definition) is 2. The molecule has 0 radical (unpaired) electrons. The summed E-state index contributed by atoms with van der Waals surface area (Å²) < 4.78 is 3.79. The van der Waals surface area contributed by atoms with Gasteiger partial charge in [0.2, 0.25) is 0 Å². The zero-order chi connectivity index (χ0) is 15.7. The average Bonchev–Trinajstić information content (AvgIpc) is 2.90. The van der Waals surface area contributed by atoms with E-state index < -0.39 is 0 Å². The van der Waals surface area contributed by atoms with Gasteiger partial charge in [-0.3, -0.25) is 5.41 Å². The van der Waals surface area contributed by atoms with Crippen LogP contribution in [-0.2, 0) is 0 Å². The molecule has 2 heterocycles. The lowest BCUT2D eigenvalue weighted by Gasteiger charge is -2.14. The first kappa shape index (κ1) is 14.8. The van der Waals surface area contributed by atoms with E-state index in [1.54, 1.807) is 4.68 Å². The second-order valence-electron chi connectivity index (χ2n) is 5.05. The molecule has 0 saturated heterocycles. The van der Waals surface area contributed by atoms with Crippen LogP contribution in [0.3, 0.4) is 0 Å². The molecule has 0 atom stereocenters. The fourth-order valence-electron chi connectivity index (χ4n) is 2.50. The Hall–Kier alpha value is -2.56. The molecule has 0 spiro atoms. The van der Waals surface area contributed by atoms with Gasteiger partial charge in [-0.1, -0.05) is 12.7 Å². The summed E-state index contributed by atoms with van der Waals surface area (Å²) in [6.07, 6.45) is 3.79. The van der Waals surface area contributed by atoms with Gasteiger partial charge in [0.25, 0.3) is 0 Å². The Morgan fingerprint density at radius 1 is 1.29 bits per heavy atom. The summed E-state index contributed by atoms with van der Waals surface area (Å²) in [5.74, 6) is 0.776. The van der Waals surface area contributed by atoms with Gasteiger partial charge in [-0.2, -0.15) is 5.10 Å². The van der Waals surface area contributed by atoms with Crippen LogP contribution in [0.25, 0.3) is 11.5 Å². The molecule has 0 saturated carbocycles. The maximum atomic E-state index is 7.88. The molecule has 0 unspecified atom stereocenters. The van der Waals surface area contributed by atoms with Crippen LogP contribution in [-0.4, -0.2) is 20.2 Å². The molecular weight excluding hydrogens is 262 g/mol. The van der Waals surface area contributed by atoms with Gasteiger partial charge in [0, 0.05) is 11.4 Å². The molecule has 5 nitrogen and oxygen atoms in total. The van der Waals surface area contributed by atoms with Crippen LogP contribution in [0.5, 0.6) is 0 Å². The second-order valence-corrected chi connectivity index (χ2v) is 5.05. The Labute approximate surface area is 124 Å². The number of amidine groups is 1. The van der Waals surface area contributed by atoms with Crippen molar-refractivity contribution < 1.29 is 0 Å². The van der Waals surface area contributed by atoms with Gasteiger partial charge < -0.3 is 10.3 Å². The SMILES string of the molecule is C=C(C=CC)n1nc(C)c(C(=N)N)c1-n1c(C)ccc1C. The molecule has 0 aliphatic heterocycles. The molecule has 0 aromatic carbocycles. The summed E-state index contributed by atoms with van der Waals surface area (Å²) in [5.41, 5.74) is 9.99. The van der Waals surface area contributed by atoms with Crippen molar-refractivity contribution in [1.29, 1.82) is 5.41 Å². The molecular formula is C16H21N5. The largest absolute Gasteiger partial charge is 0.384 e. The van der Waals surface area contributed by atoms with Gasteiger partial charge in [-0.15, -0.1) is 0 Å². The summed E-state index contributed by atoms with van der Waals surface area (Å²) in [6, 6.07) is 4.06. The van der Waals surface area contributed by atoms with Gasteiger partial charge in [-0.05, 0) is 45.9 Å². The second kappa shape index (κ2) is 5.44. The Morgan fingerprint density at radius 2 is 1.86 bits per heavy atom. The quantitative estimate of drug-likeness (QED) is 0.514. The van der Waals surface area contributed by atoms with Crippen molar-refractivity contribution in [2.24, 2.45) is 5.73 Å². The van der Waals surface area contributed by atoms with Gasteiger partial charge in [0.05, 0.1) is 17.0 Å². The lowest BCUT2D eigenvalue weighted by atomic mass is 10.2. The predicted octanol–water partition coefficient (Wildman–Crippen LogP) is 2.93. The molecule has 5 heteroatoms. The Balaban J connectivity index is 2.84. The molecule has 110 valence electrons. The van der Waals surface area contributed by atoms with Crippen LogP contribution in [0.15, 0.2) is 30.9 Å². The van der Waals surface area contributed by atoms with Crippen molar-refractivity contribution in [3.05, 3.63) is 53.5 Å². The highest BCUT2D eigenvalue weighted by molar-refractivity contribution is 5.99. The van der Waals surface area contributed by atoms with Crippen molar-refractivity contribution >= 4 is 11.5 Å². The molecule has 21 heavy (non-hydrogen) atoms. The van der Waals surface area contributed by atoms with E-state index in [4.69, 9.17) is 11.1 Å². The summed E-state index contributed by atoms with van der Waals surface area (Å²) in [6.45, 7) is 11.9. The number of aromatic nitrogens is 3. The standard InChI is InChI=1S/C16H21N5/c1-6-7-12(4)21-16(14(15(17)18)13(5)19-21)20-10(2)8-9-11(20)3/h6-9H,4H2,1-3,5H3,(H3,17,18). The maximum Gasteiger partial charge on any atom is 0.152 e. The highest BCUT2D eigenvalue weighted by atomic mass is 15.4. The van der Waals surface area contributed by atoms with Crippen LogP contribution >= 0.6 is 0 Å². The number of nitrogens with zero attached hydrogens (tertiary/aromatic N) is 3. The highest BCUT2D eigenvalue weighted by Gasteiger charge is 2.21. The number of aryl methyl sites for hydroxylation is 3. The lowest BCUT2D eigenvalue weighted by molar-refractivity contribution is 0.812. The fourth-order valence-corrected chi connectivity index (χ4v) is 2.50. The Bertz CT molecular complexity index is 724. The van der Waals surface area contributed by atoms with E-state index in [1.165, 1.54) is 0 Å². The number of allylic oxidation sites excluding steroid dienone is 3. The molecule has 2 rings (SSSR count). The van der Waals surface area contributed by atoms with E-state index in [9.17, 15) is 0 Å². The van der Waals surface area contributed by atoms with E-state index in [0.29, 0.717) is 5.56 Å². The summed E-state index contributed by atoms with van der Waals surface area (Å²) in [5, 5.41) is 12.4. The highest BCUT2D eigenvalue weighted by Crippen LogP contribution is 2.25. The van der Waals surface area contributed by atoms with Crippen LogP contribution in [0.4, 0.5) is 0 Å². The van der Waals surface area contributed by atoms with E-state index in [0.717, 1.165) is 28.6 Å². The zero-order valence-electron chi connectivity index (χ0n) is 12.9. The van der Waals surface area contributed by atoms with E-state index in [-0.39, 0.29) is 5.84 Å². The molecule has 2 aromatic heterocycles. The minimum atomic E-state index is 0.00882. The number of hydrogen-bond acceptors (Lipinski definition) is 2. The smallest absolute Gasteiger partial charge is 0.152 e. The van der Waals surface area contributed by atoms with Crippen molar-refractivity contribution in [1.82, 2.24) is 14.3 Å². The van der Waals surface area contributed by atoms with Crippen LogP contribution < -0.4 is 5.73 Å². The van der Waals surface area contributed by atoms with Crippen LogP contribution in [0.1, 0.15) is 29.6 Å². The lowest BCUT2D eigenvalue weighted by Crippen LogP contribution is -2.17. The molecule has 0 amide bonds. The van der Waals surface area contributed by atoms with Gasteiger partial charge in [0.1, 0.15) is 5.84 Å². The van der Waals surface area contributed by atoms with Crippen molar-refractivity contribution in [3.8, 4) is 5.82 Å². The van der Waals surface area contributed by atoms with E-state index in [1.807, 2.05) is 56.5 Å². The third-order valence-electron chi connectivity index (χ3n) is 3.42. The van der Waals surface area contributed by atoms with Crippen molar-refractivity contribution in [3.63, 3.8) is 0 Å². The number of nitrogens with two attached hydrogens (primary N) is 1. The third kappa shape index (κ3) is 2.42. The molecule has 3 N–H and O–H groups in total. The fraction of sp³-hybridized carbons (Fsp3) is 0.250. The molecule has 0 fully saturated rings. The van der Waals surface area contributed by atoms with Crippen LogP contribution in [0.2, 0.25) is 0 Å². The monoisotopic (exact) mass is 283 g/mol. The molecule has 0 bridgehead atoms. The minimum absolute atomic E-state index is 0.00882. The summed E-state index contributed by atoms with van der Waals surface area (Å²) in [4.78, 5) is 0. The zero-order valence-corrected chi connectivity index (χ0v) is 12.9. The van der Waals surface area contributed by atoms with E-state index >= 15 is 0 Å². The van der Waals surface area contributed by atoms with Crippen LogP contribution in [0, 0.1) is 26.2 Å². The number of nitrogens with one attached hydrogen (secondary N) is 1. The average molecular weight is 283 g/mol. The topological polar surface area (TPSA) is 72.6 Å². The predicted molar refractivity (Wildman–Crippen MR) is 86.9 cm³/mol. The van der Waals surface area contributed by atoms with Crippen molar-refractivity contribution in [2.45, 2.75) is 27.7 Å². The normalized spacial score (nSPS) is 11.2. The van der Waals surface area contributed by atoms with Gasteiger partial charge in [-0.25, -0.2) is 4.68 Å². The third-order valence-corrected chi connectivity index (χ3v) is 3.42. The molecule has 0 aliphatic rings. The van der Waals surface area contributed by atoms with Crippen molar-refractivity contribution in [2.75, 3.05) is 0 Å².